The Labute approximate surface area is 75.1 Å². The lowest BCUT2D eigenvalue weighted by atomic mass is 10.2. The van der Waals surface area contributed by atoms with Gasteiger partial charge in [-0.05, 0) is 0 Å². The summed E-state index contributed by atoms with van der Waals surface area (Å²) in [5.41, 5.74) is 0. The van der Waals surface area contributed by atoms with Crippen LogP contribution in [0.4, 0.5) is 8.78 Å². The third kappa shape index (κ3) is 2.02. The Morgan fingerprint density at radius 2 is 2.08 bits per heavy atom. The number of hydrogen-bond acceptors (Lipinski definition) is 3. The first-order valence-corrected chi connectivity index (χ1v) is 4.19. The van der Waals surface area contributed by atoms with Crippen LogP contribution in [0.25, 0.3) is 0 Å². The molecule has 0 aromatic carbocycles. The first kappa shape index (κ1) is 10.1. The highest BCUT2D eigenvalue weighted by molar-refractivity contribution is 4.96. The minimum absolute atomic E-state index is 0.00477. The van der Waals surface area contributed by atoms with E-state index in [-0.39, 0.29) is 12.3 Å². The van der Waals surface area contributed by atoms with E-state index in [0.717, 1.165) is 0 Å². The highest BCUT2D eigenvalue weighted by atomic mass is 19.3. The molecule has 0 aliphatic heterocycles. The van der Waals surface area contributed by atoms with Crippen molar-refractivity contribution in [2.75, 3.05) is 0 Å². The molecule has 0 saturated carbocycles. The molecule has 3 nitrogen and oxygen atoms in total. The van der Waals surface area contributed by atoms with Crippen LogP contribution in [0.3, 0.4) is 0 Å². The fraction of sp³-hybridized carbons (Fsp3) is 0.750. The molecule has 0 fully saturated rings. The molecule has 0 aliphatic carbocycles. The zero-order valence-electron chi connectivity index (χ0n) is 7.84. The largest absolute Gasteiger partial charge is 0.333 e. The van der Waals surface area contributed by atoms with Crippen molar-refractivity contribution in [2.24, 2.45) is 0 Å². The van der Waals surface area contributed by atoms with E-state index in [2.05, 4.69) is 14.7 Å². The van der Waals surface area contributed by atoms with Crippen molar-refractivity contribution in [2.45, 2.75) is 39.0 Å². The minimum Gasteiger partial charge on any atom is -0.333 e. The van der Waals surface area contributed by atoms with Crippen molar-refractivity contribution in [1.82, 2.24) is 10.1 Å². The summed E-state index contributed by atoms with van der Waals surface area (Å²) in [7, 11) is 0. The quantitative estimate of drug-likeness (QED) is 0.735. The molecule has 1 aromatic rings. The van der Waals surface area contributed by atoms with E-state index >= 15 is 0 Å². The number of nitrogens with zero attached hydrogens (tertiary/aromatic N) is 2. The Bertz CT molecular complexity index is 283. The second-order valence-electron chi connectivity index (χ2n) is 3.17. The molecule has 13 heavy (non-hydrogen) atoms. The molecule has 0 saturated heterocycles. The van der Waals surface area contributed by atoms with Crippen LogP contribution in [0.5, 0.6) is 0 Å². The summed E-state index contributed by atoms with van der Waals surface area (Å²) >= 11 is 0. The van der Waals surface area contributed by atoms with Gasteiger partial charge in [-0.2, -0.15) is 13.8 Å². The van der Waals surface area contributed by atoms with Gasteiger partial charge < -0.3 is 4.52 Å². The molecule has 0 amide bonds. The lowest BCUT2D eigenvalue weighted by Crippen LogP contribution is -2.12. The maximum Gasteiger partial charge on any atom is 0.324 e. The Morgan fingerprint density at radius 1 is 1.46 bits per heavy atom. The van der Waals surface area contributed by atoms with Crippen LogP contribution in [0.15, 0.2) is 4.52 Å². The van der Waals surface area contributed by atoms with E-state index in [4.69, 9.17) is 0 Å². The summed E-state index contributed by atoms with van der Waals surface area (Å²) < 4.78 is 30.4. The van der Waals surface area contributed by atoms with Gasteiger partial charge in [0, 0.05) is 12.3 Å². The van der Waals surface area contributed by atoms with E-state index < -0.39 is 11.8 Å². The van der Waals surface area contributed by atoms with E-state index in [1.165, 1.54) is 6.92 Å². The SMILES string of the molecule is CCC(F)(F)c1nc(C(C)C)no1. The van der Waals surface area contributed by atoms with Gasteiger partial charge in [0.05, 0.1) is 0 Å². The van der Waals surface area contributed by atoms with Crippen molar-refractivity contribution in [3.05, 3.63) is 11.7 Å². The summed E-state index contributed by atoms with van der Waals surface area (Å²) in [6, 6.07) is 0. The molecule has 5 heteroatoms. The molecule has 0 unspecified atom stereocenters. The Balaban J connectivity index is 2.91. The molecule has 74 valence electrons. The minimum atomic E-state index is -3.00. The summed E-state index contributed by atoms with van der Waals surface area (Å²) in [4.78, 5) is 3.62. The normalized spacial score (nSPS) is 12.5. The molecule has 0 aliphatic rings. The smallest absolute Gasteiger partial charge is 0.324 e. The van der Waals surface area contributed by atoms with Crippen LogP contribution in [-0.4, -0.2) is 10.1 Å². The molecular formula is C8H12F2N2O. The number of hydrogen-bond donors (Lipinski definition) is 0. The molecular weight excluding hydrogens is 178 g/mol. The van der Waals surface area contributed by atoms with Crippen LogP contribution in [0, 0.1) is 0 Å². The molecule has 0 radical (unpaired) electrons. The second kappa shape index (κ2) is 3.40. The van der Waals surface area contributed by atoms with Crippen molar-refractivity contribution in [3.8, 4) is 0 Å². The highest BCUT2D eigenvalue weighted by Gasteiger charge is 2.36. The molecule has 0 spiro atoms. The average molecular weight is 190 g/mol. The van der Waals surface area contributed by atoms with Gasteiger partial charge in [0.25, 0.3) is 5.89 Å². The second-order valence-corrected chi connectivity index (χ2v) is 3.17. The Kier molecular flexibility index (Phi) is 2.63. The molecule has 0 bridgehead atoms. The molecule has 0 N–H and O–H groups in total. The van der Waals surface area contributed by atoms with Gasteiger partial charge >= 0.3 is 5.92 Å². The van der Waals surface area contributed by atoms with Crippen LogP contribution >= 0.6 is 0 Å². The van der Waals surface area contributed by atoms with Crippen LogP contribution in [0.2, 0.25) is 0 Å². The monoisotopic (exact) mass is 190 g/mol. The van der Waals surface area contributed by atoms with E-state index in [9.17, 15) is 8.78 Å². The number of halogens is 2. The zero-order valence-corrected chi connectivity index (χ0v) is 7.84. The number of alkyl halides is 2. The van der Waals surface area contributed by atoms with Gasteiger partial charge in [-0.15, -0.1) is 0 Å². The van der Waals surface area contributed by atoms with Gasteiger partial charge in [-0.25, -0.2) is 0 Å². The van der Waals surface area contributed by atoms with Crippen molar-refractivity contribution < 1.29 is 13.3 Å². The summed E-state index contributed by atoms with van der Waals surface area (Å²) in [5.74, 6) is -3.26. The van der Waals surface area contributed by atoms with Gasteiger partial charge in [0.15, 0.2) is 5.82 Å². The summed E-state index contributed by atoms with van der Waals surface area (Å²) in [6.45, 7) is 5.01. The van der Waals surface area contributed by atoms with E-state index in [0.29, 0.717) is 5.82 Å². The molecule has 1 rings (SSSR count). The lowest BCUT2D eigenvalue weighted by Gasteiger charge is -2.06. The molecule has 1 aromatic heterocycles. The first-order chi connectivity index (χ1) is 5.97. The van der Waals surface area contributed by atoms with Crippen LogP contribution < -0.4 is 0 Å². The van der Waals surface area contributed by atoms with E-state index in [1.807, 2.05) is 13.8 Å². The number of aromatic nitrogens is 2. The van der Waals surface area contributed by atoms with Crippen LogP contribution in [-0.2, 0) is 5.92 Å². The summed E-state index contributed by atoms with van der Waals surface area (Å²) in [6.07, 6.45) is -0.327. The predicted molar refractivity (Wildman–Crippen MR) is 42.6 cm³/mol. The fourth-order valence-corrected chi connectivity index (χ4v) is 0.769. The fourth-order valence-electron chi connectivity index (χ4n) is 0.769. The van der Waals surface area contributed by atoms with Crippen LogP contribution in [0.1, 0.15) is 44.8 Å². The Morgan fingerprint density at radius 3 is 2.46 bits per heavy atom. The van der Waals surface area contributed by atoms with Gasteiger partial charge in [0.1, 0.15) is 0 Å². The number of rotatable bonds is 3. The first-order valence-electron chi connectivity index (χ1n) is 4.19. The zero-order chi connectivity index (χ0) is 10.1. The maximum atomic E-state index is 13.0. The summed E-state index contributed by atoms with van der Waals surface area (Å²) in [5, 5.41) is 3.46. The van der Waals surface area contributed by atoms with Gasteiger partial charge in [-0.1, -0.05) is 25.9 Å². The standard InChI is InChI=1S/C8H12F2N2O/c1-4-8(9,10)7-11-6(5(2)3)12-13-7/h5H,4H2,1-3H3. The molecule has 0 atom stereocenters. The van der Waals surface area contributed by atoms with Crippen molar-refractivity contribution in [3.63, 3.8) is 0 Å². The van der Waals surface area contributed by atoms with E-state index in [1.54, 1.807) is 0 Å². The van der Waals surface area contributed by atoms with Gasteiger partial charge in [-0.3, -0.25) is 0 Å². The topological polar surface area (TPSA) is 38.9 Å². The molecule has 1 heterocycles. The highest BCUT2D eigenvalue weighted by Crippen LogP contribution is 2.30. The third-order valence-corrected chi connectivity index (χ3v) is 1.72. The maximum absolute atomic E-state index is 13.0. The lowest BCUT2D eigenvalue weighted by molar-refractivity contribution is -0.0391. The third-order valence-electron chi connectivity index (χ3n) is 1.72. The van der Waals surface area contributed by atoms with Crippen molar-refractivity contribution >= 4 is 0 Å². The predicted octanol–water partition coefficient (Wildman–Crippen LogP) is 2.69. The van der Waals surface area contributed by atoms with Gasteiger partial charge in [0.2, 0.25) is 0 Å². The average Bonchev–Trinajstić information content (AvgIpc) is 2.52. The Hall–Kier alpha value is -1.00. The van der Waals surface area contributed by atoms with Crippen molar-refractivity contribution in [1.29, 1.82) is 0 Å².